The zero-order valence-corrected chi connectivity index (χ0v) is 17.0. The topological polar surface area (TPSA) is 61.4 Å². The molecule has 150 valence electrons. The molecule has 0 aliphatic carbocycles. The number of carbonyl (C=O) groups excluding carboxylic acids is 1. The minimum atomic E-state index is 0.00711. The van der Waals surface area contributed by atoms with Crippen molar-refractivity contribution in [2.75, 3.05) is 31.1 Å². The Kier molecular flexibility index (Phi) is 5.60. The molecule has 29 heavy (non-hydrogen) atoms. The number of urea groups is 1. The number of aromatic nitrogens is 2. The van der Waals surface area contributed by atoms with Gasteiger partial charge in [0.25, 0.3) is 0 Å². The van der Waals surface area contributed by atoms with E-state index in [1.54, 1.807) is 4.90 Å². The second kappa shape index (κ2) is 8.47. The molecule has 0 saturated carbocycles. The number of nitrogens with zero attached hydrogens (tertiary/aromatic N) is 4. The molecule has 3 aromatic rings. The van der Waals surface area contributed by atoms with Gasteiger partial charge in [0.05, 0.1) is 5.69 Å². The summed E-state index contributed by atoms with van der Waals surface area (Å²) in [7, 11) is 0. The Balaban J connectivity index is 1.48. The lowest BCUT2D eigenvalue weighted by Gasteiger charge is -2.22. The minimum Gasteiger partial charge on any atom is -0.339 e. The first kappa shape index (κ1) is 19.2. The van der Waals surface area contributed by atoms with Crippen molar-refractivity contribution in [3.63, 3.8) is 0 Å². The first-order chi connectivity index (χ1) is 14.2. The Labute approximate surface area is 171 Å². The second-order valence-corrected chi connectivity index (χ2v) is 7.36. The van der Waals surface area contributed by atoms with Gasteiger partial charge >= 0.3 is 6.03 Å². The van der Waals surface area contributed by atoms with Crippen molar-refractivity contribution in [1.29, 1.82) is 0 Å². The van der Waals surface area contributed by atoms with Gasteiger partial charge in [-0.2, -0.15) is 0 Å². The second-order valence-electron chi connectivity index (χ2n) is 7.36. The third-order valence-corrected chi connectivity index (χ3v) is 5.54. The lowest BCUT2D eigenvalue weighted by molar-refractivity contribution is 0.200. The molecule has 1 fully saturated rings. The average molecular weight is 390 g/mol. The highest BCUT2D eigenvalue weighted by Gasteiger charge is 2.26. The monoisotopic (exact) mass is 389 g/mol. The summed E-state index contributed by atoms with van der Waals surface area (Å²) in [5, 5.41) is 5.56. The lowest BCUT2D eigenvalue weighted by Crippen LogP contribution is -2.45. The smallest absolute Gasteiger partial charge is 0.317 e. The fourth-order valence-electron chi connectivity index (χ4n) is 3.85. The third-order valence-electron chi connectivity index (χ3n) is 5.54. The number of anilines is 1. The zero-order chi connectivity index (χ0) is 20.2. The van der Waals surface area contributed by atoms with E-state index in [0.717, 1.165) is 49.8 Å². The summed E-state index contributed by atoms with van der Waals surface area (Å²) >= 11 is 0. The van der Waals surface area contributed by atoms with Crippen LogP contribution in [0.25, 0.3) is 22.0 Å². The van der Waals surface area contributed by atoms with E-state index in [0.29, 0.717) is 0 Å². The quantitative estimate of drug-likeness (QED) is 0.718. The maximum atomic E-state index is 12.3. The molecule has 1 atom stereocenters. The Morgan fingerprint density at radius 3 is 2.72 bits per heavy atom. The van der Waals surface area contributed by atoms with E-state index in [2.05, 4.69) is 45.5 Å². The van der Waals surface area contributed by atoms with E-state index in [4.69, 9.17) is 4.98 Å². The van der Waals surface area contributed by atoms with Crippen LogP contribution in [0.15, 0.2) is 54.7 Å². The fraction of sp³-hybridized carbons (Fsp3) is 0.348. The Morgan fingerprint density at radius 1 is 1.14 bits per heavy atom. The fourth-order valence-corrected chi connectivity index (χ4v) is 3.85. The normalized spacial score (nSPS) is 16.2. The van der Waals surface area contributed by atoms with E-state index in [1.807, 2.05) is 38.2 Å². The molecule has 2 aromatic carbocycles. The predicted octanol–water partition coefficient (Wildman–Crippen LogP) is 3.93. The molecule has 6 heteroatoms. The summed E-state index contributed by atoms with van der Waals surface area (Å²) in [6.07, 6.45) is 2.71. The molecule has 1 saturated heterocycles. The highest BCUT2D eigenvalue weighted by atomic mass is 16.2. The van der Waals surface area contributed by atoms with Crippen LogP contribution in [-0.2, 0) is 0 Å². The van der Waals surface area contributed by atoms with E-state index in [-0.39, 0.29) is 12.1 Å². The number of fused-ring (bicyclic) bond motifs is 1. The molecule has 1 aliphatic heterocycles. The number of carbonyl (C=O) groups is 1. The summed E-state index contributed by atoms with van der Waals surface area (Å²) in [4.78, 5) is 25.6. The largest absolute Gasteiger partial charge is 0.339 e. The van der Waals surface area contributed by atoms with Crippen LogP contribution in [0.5, 0.6) is 0 Å². The van der Waals surface area contributed by atoms with Crippen LogP contribution in [0.3, 0.4) is 0 Å². The third kappa shape index (κ3) is 4.16. The summed E-state index contributed by atoms with van der Waals surface area (Å²) in [5.41, 5.74) is 1.99. The summed E-state index contributed by atoms with van der Waals surface area (Å²) in [6, 6.07) is 16.8. The number of hydrogen-bond acceptors (Lipinski definition) is 4. The van der Waals surface area contributed by atoms with Crippen LogP contribution in [0.4, 0.5) is 10.7 Å². The minimum absolute atomic E-state index is 0.00711. The van der Waals surface area contributed by atoms with Gasteiger partial charge < -0.3 is 15.1 Å². The SMILES string of the molecule is CCN(CC)C(=O)N[C@@H]1CCN(c2nccc(-c3ccc4ccccc4c3)n2)C1. The molecule has 0 radical (unpaired) electrons. The molecule has 2 heterocycles. The van der Waals surface area contributed by atoms with Gasteiger partial charge in [-0.3, -0.25) is 0 Å². The van der Waals surface area contributed by atoms with Crippen LogP contribution in [0.1, 0.15) is 20.3 Å². The molecule has 1 aromatic heterocycles. The highest BCUT2D eigenvalue weighted by molar-refractivity contribution is 5.86. The summed E-state index contributed by atoms with van der Waals surface area (Å²) in [6.45, 7) is 7.00. The van der Waals surface area contributed by atoms with Crippen molar-refractivity contribution >= 4 is 22.8 Å². The van der Waals surface area contributed by atoms with Crippen molar-refractivity contribution in [3.05, 3.63) is 54.7 Å². The van der Waals surface area contributed by atoms with Gasteiger partial charge in [-0.25, -0.2) is 14.8 Å². The van der Waals surface area contributed by atoms with E-state index < -0.39 is 0 Å². The van der Waals surface area contributed by atoms with Gasteiger partial charge in [0.2, 0.25) is 5.95 Å². The van der Waals surface area contributed by atoms with Gasteiger partial charge in [-0.15, -0.1) is 0 Å². The molecular weight excluding hydrogens is 362 g/mol. The van der Waals surface area contributed by atoms with Gasteiger partial charge in [0.15, 0.2) is 0 Å². The van der Waals surface area contributed by atoms with Crippen LogP contribution in [0, 0.1) is 0 Å². The van der Waals surface area contributed by atoms with Crippen molar-refractivity contribution in [3.8, 4) is 11.3 Å². The molecule has 1 N–H and O–H groups in total. The maximum absolute atomic E-state index is 12.3. The van der Waals surface area contributed by atoms with Crippen LogP contribution >= 0.6 is 0 Å². The molecule has 0 unspecified atom stereocenters. The Morgan fingerprint density at radius 2 is 1.93 bits per heavy atom. The summed E-state index contributed by atoms with van der Waals surface area (Å²) in [5.74, 6) is 0.718. The van der Waals surface area contributed by atoms with Gasteiger partial charge in [-0.1, -0.05) is 36.4 Å². The van der Waals surface area contributed by atoms with Gasteiger partial charge in [-0.05, 0) is 43.2 Å². The van der Waals surface area contributed by atoms with E-state index >= 15 is 0 Å². The molecule has 0 bridgehead atoms. The molecule has 6 nitrogen and oxygen atoms in total. The highest BCUT2D eigenvalue weighted by Crippen LogP contribution is 2.25. The maximum Gasteiger partial charge on any atom is 0.317 e. The Bertz CT molecular complexity index is 1000. The lowest BCUT2D eigenvalue weighted by atomic mass is 10.1. The molecular formula is C23H27N5O. The summed E-state index contributed by atoms with van der Waals surface area (Å²) < 4.78 is 0. The number of nitrogens with one attached hydrogen (secondary N) is 1. The van der Waals surface area contributed by atoms with E-state index in [1.165, 1.54) is 10.8 Å². The van der Waals surface area contributed by atoms with E-state index in [9.17, 15) is 4.79 Å². The molecule has 1 aliphatic rings. The number of amides is 2. The van der Waals surface area contributed by atoms with Crippen molar-refractivity contribution < 1.29 is 4.79 Å². The van der Waals surface area contributed by atoms with Crippen molar-refractivity contribution in [2.24, 2.45) is 0 Å². The molecule has 4 rings (SSSR count). The zero-order valence-electron chi connectivity index (χ0n) is 17.0. The predicted molar refractivity (Wildman–Crippen MR) is 117 cm³/mol. The van der Waals surface area contributed by atoms with Crippen molar-refractivity contribution in [1.82, 2.24) is 20.2 Å². The van der Waals surface area contributed by atoms with Crippen LogP contribution in [0.2, 0.25) is 0 Å². The van der Waals surface area contributed by atoms with Crippen LogP contribution < -0.4 is 10.2 Å². The van der Waals surface area contributed by atoms with Crippen molar-refractivity contribution in [2.45, 2.75) is 26.3 Å². The number of hydrogen-bond donors (Lipinski definition) is 1. The first-order valence-corrected chi connectivity index (χ1v) is 10.3. The Hall–Kier alpha value is -3.15. The average Bonchev–Trinajstić information content (AvgIpc) is 3.23. The standard InChI is InChI=1S/C23H27N5O/c1-3-27(4-2)23(29)25-20-12-14-28(16-20)22-24-13-11-21(26-22)19-10-9-17-7-5-6-8-18(17)15-19/h5-11,13,15,20H,3-4,12,14,16H2,1-2H3,(H,25,29)/t20-/m1/s1. The van der Waals surface area contributed by atoms with Crippen LogP contribution in [-0.4, -0.2) is 53.1 Å². The first-order valence-electron chi connectivity index (χ1n) is 10.3. The molecule has 0 spiro atoms. The van der Waals surface area contributed by atoms with Gasteiger partial charge in [0.1, 0.15) is 0 Å². The van der Waals surface area contributed by atoms with Gasteiger partial charge in [0, 0.05) is 44.0 Å². The molecule has 2 amide bonds. The number of rotatable bonds is 5. The number of benzene rings is 2.